The maximum Gasteiger partial charge on any atom is 0.326 e. The van der Waals surface area contributed by atoms with E-state index >= 15 is 0 Å². The summed E-state index contributed by atoms with van der Waals surface area (Å²) in [5.74, 6) is -5.13. The van der Waals surface area contributed by atoms with E-state index in [1.54, 1.807) is 0 Å². The summed E-state index contributed by atoms with van der Waals surface area (Å²) in [4.78, 5) is 59.0. The predicted octanol–water partition coefficient (Wildman–Crippen LogP) is -3.70. The van der Waals surface area contributed by atoms with Crippen molar-refractivity contribution in [2.24, 2.45) is 11.5 Å². The Bertz CT molecular complexity index is 814. The van der Waals surface area contributed by atoms with Crippen molar-refractivity contribution in [2.75, 3.05) is 13.2 Å². The lowest BCUT2D eigenvalue weighted by Gasteiger charge is -2.23. The predicted molar refractivity (Wildman–Crippen MR) is 105 cm³/mol. The molecule has 1 rings (SSSR count). The number of phenolic OH excluding ortho intramolecular Hbond substituents is 1. The summed E-state index contributed by atoms with van der Waals surface area (Å²) in [6.45, 7) is -1.27. The lowest BCUT2D eigenvalue weighted by molar-refractivity contribution is -0.142. The number of amides is 4. The Morgan fingerprint density at radius 3 is 1.94 bits per heavy atom. The zero-order chi connectivity index (χ0) is 23.6. The molecule has 0 spiro atoms. The highest BCUT2D eigenvalue weighted by Crippen LogP contribution is 2.11. The Morgan fingerprint density at radius 2 is 1.45 bits per heavy atom. The highest BCUT2D eigenvalue weighted by molar-refractivity contribution is 5.95. The molecule has 3 atom stereocenters. The van der Waals surface area contributed by atoms with E-state index in [2.05, 4.69) is 16.0 Å². The number of hydrogen-bond donors (Lipinski definition) is 8. The summed E-state index contributed by atoms with van der Waals surface area (Å²) in [6.07, 6.45) is -0.809. The molecule has 0 saturated heterocycles. The van der Waals surface area contributed by atoms with Crippen LogP contribution in [0.1, 0.15) is 12.0 Å². The highest BCUT2D eigenvalue weighted by atomic mass is 16.4. The van der Waals surface area contributed by atoms with Gasteiger partial charge in [-0.15, -0.1) is 0 Å². The number of carbonyl (C=O) groups excluding carboxylic acids is 4. The fourth-order valence-electron chi connectivity index (χ4n) is 2.47. The van der Waals surface area contributed by atoms with Crippen LogP contribution in [0.25, 0.3) is 0 Å². The molecular formula is C18H25N5O8. The molecule has 0 radical (unpaired) electrons. The van der Waals surface area contributed by atoms with E-state index in [1.807, 2.05) is 0 Å². The average molecular weight is 439 g/mol. The van der Waals surface area contributed by atoms with Crippen molar-refractivity contribution >= 4 is 29.6 Å². The second kappa shape index (κ2) is 12.1. The fraction of sp³-hybridized carbons (Fsp3) is 0.389. The van der Waals surface area contributed by atoms with E-state index in [0.29, 0.717) is 5.56 Å². The minimum atomic E-state index is -1.56. The monoisotopic (exact) mass is 439 g/mol. The number of aliphatic carboxylic acids is 1. The van der Waals surface area contributed by atoms with Crippen molar-refractivity contribution in [2.45, 2.75) is 31.0 Å². The van der Waals surface area contributed by atoms with E-state index in [4.69, 9.17) is 11.5 Å². The maximum absolute atomic E-state index is 12.6. The summed E-state index contributed by atoms with van der Waals surface area (Å²) < 4.78 is 0. The molecule has 0 aliphatic carbocycles. The number of carboxylic acid groups (broad SMARTS) is 1. The van der Waals surface area contributed by atoms with Gasteiger partial charge in [0.15, 0.2) is 0 Å². The SMILES string of the molecule is NCC(=O)NC(CO)C(=O)NC(CC(N)=O)C(=O)NC(Cc1ccc(O)cc1)C(=O)O. The lowest BCUT2D eigenvalue weighted by Crippen LogP contribution is -2.58. The van der Waals surface area contributed by atoms with Gasteiger partial charge >= 0.3 is 5.97 Å². The summed E-state index contributed by atoms with van der Waals surface area (Å²) in [7, 11) is 0. The first-order valence-electron chi connectivity index (χ1n) is 9.07. The normalized spacial score (nSPS) is 13.4. The number of carboxylic acids is 1. The van der Waals surface area contributed by atoms with Gasteiger partial charge in [0.25, 0.3) is 0 Å². The Morgan fingerprint density at radius 1 is 0.903 bits per heavy atom. The first-order chi connectivity index (χ1) is 14.6. The summed E-state index contributed by atoms with van der Waals surface area (Å²) in [5.41, 5.74) is 10.7. The van der Waals surface area contributed by atoms with E-state index in [-0.39, 0.29) is 12.2 Å². The van der Waals surface area contributed by atoms with Crippen LogP contribution >= 0.6 is 0 Å². The minimum Gasteiger partial charge on any atom is -0.508 e. The molecule has 3 unspecified atom stereocenters. The van der Waals surface area contributed by atoms with E-state index in [9.17, 15) is 39.3 Å². The van der Waals surface area contributed by atoms with Crippen LogP contribution in [0.4, 0.5) is 0 Å². The number of aromatic hydroxyl groups is 1. The molecule has 0 saturated carbocycles. The quantitative estimate of drug-likeness (QED) is 0.160. The highest BCUT2D eigenvalue weighted by Gasteiger charge is 2.30. The van der Waals surface area contributed by atoms with Gasteiger partial charge < -0.3 is 42.7 Å². The summed E-state index contributed by atoms with van der Waals surface area (Å²) >= 11 is 0. The largest absolute Gasteiger partial charge is 0.508 e. The number of nitrogens with two attached hydrogens (primary N) is 2. The average Bonchev–Trinajstić information content (AvgIpc) is 2.71. The molecule has 0 bridgehead atoms. The number of aliphatic hydroxyl groups is 1. The van der Waals surface area contributed by atoms with Gasteiger partial charge in [-0.3, -0.25) is 19.2 Å². The number of phenols is 1. The zero-order valence-corrected chi connectivity index (χ0v) is 16.4. The molecule has 0 fully saturated rings. The Kier molecular flexibility index (Phi) is 9.88. The molecule has 13 heteroatoms. The molecule has 1 aromatic carbocycles. The molecule has 0 aromatic heterocycles. The topological polar surface area (TPSA) is 234 Å². The van der Waals surface area contributed by atoms with E-state index < -0.39 is 67.3 Å². The van der Waals surface area contributed by atoms with Gasteiger partial charge in [0.05, 0.1) is 19.6 Å². The smallest absolute Gasteiger partial charge is 0.326 e. The summed E-state index contributed by atoms with van der Waals surface area (Å²) in [6, 6.07) is 1.18. The molecular weight excluding hydrogens is 414 g/mol. The molecule has 1 aromatic rings. The number of hydrogen-bond acceptors (Lipinski definition) is 8. The van der Waals surface area contributed by atoms with E-state index in [0.717, 1.165) is 0 Å². The van der Waals surface area contributed by atoms with Crippen LogP contribution in [-0.4, -0.2) is 76.2 Å². The summed E-state index contributed by atoms with van der Waals surface area (Å²) in [5, 5.41) is 34.5. The van der Waals surface area contributed by atoms with Crippen LogP contribution < -0.4 is 27.4 Å². The van der Waals surface area contributed by atoms with Crippen LogP contribution in [0.2, 0.25) is 0 Å². The third-order valence-corrected chi connectivity index (χ3v) is 4.05. The van der Waals surface area contributed by atoms with Gasteiger partial charge in [-0.25, -0.2) is 4.79 Å². The molecule has 0 heterocycles. The molecule has 4 amide bonds. The van der Waals surface area contributed by atoms with Crippen LogP contribution in [0.15, 0.2) is 24.3 Å². The third-order valence-electron chi connectivity index (χ3n) is 4.05. The number of carbonyl (C=O) groups is 5. The van der Waals surface area contributed by atoms with Crippen molar-refractivity contribution in [1.82, 2.24) is 16.0 Å². The van der Waals surface area contributed by atoms with Crippen molar-refractivity contribution < 1.29 is 39.3 Å². The van der Waals surface area contributed by atoms with Crippen LogP contribution in [0.3, 0.4) is 0 Å². The van der Waals surface area contributed by atoms with Crippen molar-refractivity contribution in [3.05, 3.63) is 29.8 Å². The number of aliphatic hydroxyl groups excluding tert-OH is 1. The number of primary amides is 1. The Labute approximate surface area is 176 Å². The van der Waals surface area contributed by atoms with Crippen LogP contribution in [0, 0.1) is 0 Å². The van der Waals surface area contributed by atoms with Crippen LogP contribution in [0.5, 0.6) is 5.75 Å². The number of rotatable bonds is 12. The van der Waals surface area contributed by atoms with Gasteiger partial charge in [0.1, 0.15) is 23.9 Å². The van der Waals surface area contributed by atoms with Gasteiger partial charge in [0.2, 0.25) is 23.6 Å². The fourth-order valence-corrected chi connectivity index (χ4v) is 2.47. The zero-order valence-electron chi connectivity index (χ0n) is 16.4. The van der Waals surface area contributed by atoms with Crippen molar-refractivity contribution in [1.29, 1.82) is 0 Å². The molecule has 10 N–H and O–H groups in total. The Hall–Kier alpha value is -3.71. The van der Waals surface area contributed by atoms with Crippen molar-refractivity contribution in [3.63, 3.8) is 0 Å². The third kappa shape index (κ3) is 8.67. The van der Waals surface area contributed by atoms with Crippen molar-refractivity contribution in [3.8, 4) is 5.75 Å². The van der Waals surface area contributed by atoms with Gasteiger partial charge in [-0.05, 0) is 17.7 Å². The Balaban J connectivity index is 2.92. The molecule has 170 valence electrons. The molecule has 0 aliphatic rings. The maximum atomic E-state index is 12.6. The second-order valence-corrected chi connectivity index (χ2v) is 6.51. The first-order valence-corrected chi connectivity index (χ1v) is 9.07. The lowest BCUT2D eigenvalue weighted by atomic mass is 10.0. The first kappa shape index (κ1) is 25.3. The van der Waals surface area contributed by atoms with Gasteiger partial charge in [-0.2, -0.15) is 0 Å². The second-order valence-electron chi connectivity index (χ2n) is 6.51. The van der Waals surface area contributed by atoms with Gasteiger partial charge in [0, 0.05) is 6.42 Å². The van der Waals surface area contributed by atoms with Gasteiger partial charge in [-0.1, -0.05) is 12.1 Å². The number of benzene rings is 1. The molecule has 31 heavy (non-hydrogen) atoms. The minimum absolute atomic E-state index is 0.0240. The van der Waals surface area contributed by atoms with Crippen LogP contribution in [-0.2, 0) is 30.4 Å². The molecule has 0 aliphatic heterocycles. The van der Waals surface area contributed by atoms with E-state index in [1.165, 1.54) is 24.3 Å². The number of nitrogens with one attached hydrogen (secondary N) is 3. The molecule has 13 nitrogen and oxygen atoms in total. The standard InChI is InChI=1S/C18H25N5O8/c19-7-15(27)21-13(8-24)17(29)22-11(6-14(20)26)16(28)23-12(18(30)31)5-9-1-3-10(25)4-2-9/h1-4,11-13,24-25H,5-8,19H2,(H2,20,26)(H,21,27)(H,22,29)(H,23,28)(H,30,31).